The molecule has 2 N–H and O–H groups in total. The molecule has 0 aliphatic carbocycles. The van der Waals surface area contributed by atoms with Crippen LogP contribution in [0.2, 0.25) is 0 Å². The van der Waals surface area contributed by atoms with Crippen LogP contribution in [-0.2, 0) is 12.8 Å². The topological polar surface area (TPSA) is 49.8 Å². The van der Waals surface area contributed by atoms with E-state index in [4.69, 9.17) is 4.98 Å². The second-order valence-electron chi connectivity index (χ2n) is 4.63. The summed E-state index contributed by atoms with van der Waals surface area (Å²) in [7, 11) is 0. The number of halogens is 1. The average Bonchev–Trinajstić information content (AvgIpc) is 2.47. The summed E-state index contributed by atoms with van der Waals surface area (Å²) in [5.41, 5.74) is 3.42. The lowest BCUT2D eigenvalue weighted by molar-refractivity contribution is 0.811. The van der Waals surface area contributed by atoms with Crippen LogP contribution in [0, 0.1) is 0 Å². The first-order valence-electron chi connectivity index (χ1n) is 6.40. The van der Waals surface area contributed by atoms with E-state index in [-0.39, 0.29) is 0 Å². The van der Waals surface area contributed by atoms with Crippen LogP contribution in [0.3, 0.4) is 0 Å². The van der Waals surface area contributed by atoms with Crippen molar-refractivity contribution in [2.45, 2.75) is 19.3 Å². The Hall–Kier alpha value is -1.37. The molecule has 0 saturated heterocycles. The van der Waals surface area contributed by atoms with Gasteiger partial charge in [-0.3, -0.25) is 0 Å². The Balaban J connectivity index is 1.82. The lowest BCUT2D eigenvalue weighted by Crippen LogP contribution is -2.14. The summed E-state index contributed by atoms with van der Waals surface area (Å²) in [5.74, 6) is 1.93. The molecule has 0 bridgehead atoms. The first-order valence-corrected chi connectivity index (χ1v) is 7.48. The van der Waals surface area contributed by atoms with Crippen molar-refractivity contribution in [3.05, 3.63) is 47.3 Å². The molecule has 0 radical (unpaired) electrons. The molecule has 2 aromatic rings. The normalized spacial score (nSPS) is 13.5. The predicted octanol–water partition coefficient (Wildman–Crippen LogP) is 3.19. The molecule has 1 aliphatic rings. The van der Waals surface area contributed by atoms with Crippen molar-refractivity contribution in [2.24, 2.45) is 0 Å². The maximum Gasteiger partial charge on any atom is 0.134 e. The van der Waals surface area contributed by atoms with E-state index < -0.39 is 0 Å². The molecule has 0 fully saturated rings. The van der Waals surface area contributed by atoms with Crippen molar-refractivity contribution in [1.82, 2.24) is 9.97 Å². The second kappa shape index (κ2) is 5.73. The zero-order valence-electron chi connectivity index (χ0n) is 10.5. The predicted molar refractivity (Wildman–Crippen MR) is 85.7 cm³/mol. The Morgan fingerprint density at radius 3 is 2.95 bits per heavy atom. The number of hydrogen-bond donors (Lipinski definition) is 2. The second-order valence-corrected chi connectivity index (χ2v) is 5.17. The average molecular weight is 366 g/mol. The van der Waals surface area contributed by atoms with E-state index in [2.05, 4.69) is 48.8 Å². The molecule has 0 saturated carbocycles. The van der Waals surface area contributed by atoms with Crippen molar-refractivity contribution in [2.75, 3.05) is 15.4 Å². The molecular weight excluding hydrogens is 351 g/mol. The minimum Gasteiger partial charge on any atom is -0.370 e. The van der Waals surface area contributed by atoms with Crippen molar-refractivity contribution < 1.29 is 0 Å². The van der Waals surface area contributed by atoms with Gasteiger partial charge in [0, 0.05) is 24.4 Å². The number of nitrogens with zero attached hydrogens (tertiary/aromatic N) is 2. The van der Waals surface area contributed by atoms with Gasteiger partial charge in [0.05, 0.1) is 22.9 Å². The van der Waals surface area contributed by atoms with Crippen LogP contribution in [0.25, 0.3) is 0 Å². The molecule has 19 heavy (non-hydrogen) atoms. The van der Waals surface area contributed by atoms with E-state index in [1.54, 1.807) is 0 Å². The molecule has 5 heteroatoms. The molecule has 0 spiro atoms. The maximum absolute atomic E-state index is 4.69. The number of rotatable bonds is 3. The largest absolute Gasteiger partial charge is 0.370 e. The Bertz CT molecular complexity index is 585. The zero-order chi connectivity index (χ0) is 13.1. The van der Waals surface area contributed by atoms with Crippen molar-refractivity contribution in [3.8, 4) is 0 Å². The van der Waals surface area contributed by atoms with Crippen LogP contribution < -0.4 is 8.85 Å². The summed E-state index contributed by atoms with van der Waals surface area (Å²) in [4.78, 5) is 9.21. The van der Waals surface area contributed by atoms with Gasteiger partial charge < -0.3 is 8.85 Å². The number of hydrogen-bond acceptors (Lipinski definition) is 4. The van der Waals surface area contributed by atoms with Crippen LogP contribution in [-0.4, -0.2) is 16.5 Å². The van der Waals surface area contributed by atoms with E-state index in [1.165, 1.54) is 12.0 Å². The lowest BCUT2D eigenvalue weighted by atomic mass is 10.1. The Morgan fingerprint density at radius 1 is 1.16 bits per heavy atom. The molecule has 0 amide bonds. The van der Waals surface area contributed by atoms with E-state index in [0.717, 1.165) is 42.4 Å². The smallest absolute Gasteiger partial charge is 0.134 e. The summed E-state index contributed by atoms with van der Waals surface area (Å²) in [6, 6.07) is 10.3. The minimum atomic E-state index is 0.765. The summed E-state index contributed by atoms with van der Waals surface area (Å²) in [6.07, 6.45) is 3.09. The number of aryl methyl sites for hydroxylation is 1. The fourth-order valence-electron chi connectivity index (χ4n) is 2.28. The van der Waals surface area contributed by atoms with Crippen LogP contribution in [0.15, 0.2) is 30.3 Å². The first-order chi connectivity index (χ1) is 9.35. The number of nitrogens with one attached hydrogen (secondary N) is 2. The Kier molecular flexibility index (Phi) is 3.82. The van der Waals surface area contributed by atoms with E-state index in [0.29, 0.717) is 0 Å². The molecule has 0 unspecified atom stereocenters. The van der Waals surface area contributed by atoms with Crippen LogP contribution in [0.4, 0.5) is 11.6 Å². The third-order valence-electron chi connectivity index (χ3n) is 3.22. The van der Waals surface area contributed by atoms with Gasteiger partial charge in [-0.15, -0.1) is 0 Å². The molecule has 3 heterocycles. The Labute approximate surface area is 126 Å². The van der Waals surface area contributed by atoms with Gasteiger partial charge >= 0.3 is 0 Å². The summed E-state index contributed by atoms with van der Waals surface area (Å²) >= 11 is 2.09. The molecule has 1 aliphatic heterocycles. The van der Waals surface area contributed by atoms with Gasteiger partial charge in [0.15, 0.2) is 0 Å². The van der Waals surface area contributed by atoms with Crippen molar-refractivity contribution >= 4 is 34.5 Å². The van der Waals surface area contributed by atoms with Gasteiger partial charge in [0.1, 0.15) is 11.6 Å². The van der Waals surface area contributed by atoms with Gasteiger partial charge in [-0.05, 0) is 36.6 Å². The van der Waals surface area contributed by atoms with Gasteiger partial charge in [-0.25, -0.2) is 9.97 Å². The summed E-state index contributed by atoms with van der Waals surface area (Å²) in [5, 5.41) is 3.37. The fraction of sp³-hybridized carbons (Fsp3) is 0.286. The van der Waals surface area contributed by atoms with E-state index >= 15 is 0 Å². The molecule has 0 atom stereocenters. The van der Waals surface area contributed by atoms with Crippen molar-refractivity contribution in [1.29, 1.82) is 0 Å². The van der Waals surface area contributed by atoms with Crippen molar-refractivity contribution in [3.63, 3.8) is 0 Å². The highest BCUT2D eigenvalue weighted by Gasteiger charge is 2.10. The van der Waals surface area contributed by atoms with Crippen LogP contribution >= 0.6 is 22.9 Å². The molecule has 4 nitrogen and oxygen atoms in total. The molecule has 3 rings (SSSR count). The maximum atomic E-state index is 4.69. The quantitative estimate of drug-likeness (QED) is 0.647. The Morgan fingerprint density at radius 2 is 2.05 bits per heavy atom. The molecular formula is C14H15IN4. The lowest BCUT2D eigenvalue weighted by Gasteiger charge is -2.17. The third-order valence-corrected chi connectivity index (χ3v) is 3.77. The zero-order valence-corrected chi connectivity index (χ0v) is 12.6. The van der Waals surface area contributed by atoms with E-state index in [9.17, 15) is 0 Å². The number of fused-ring (bicyclic) bond motifs is 1. The highest BCUT2D eigenvalue weighted by atomic mass is 127. The number of anilines is 2. The van der Waals surface area contributed by atoms with Gasteiger partial charge in [-0.1, -0.05) is 12.1 Å². The van der Waals surface area contributed by atoms with Gasteiger partial charge in [-0.2, -0.15) is 0 Å². The SMILES string of the molecule is INc1cccc(Cc2ccc3c(n2)NCCC3)n1. The highest BCUT2D eigenvalue weighted by molar-refractivity contribution is 14.1. The summed E-state index contributed by atoms with van der Waals surface area (Å²) < 4.78 is 3.03. The van der Waals surface area contributed by atoms with Crippen LogP contribution in [0.1, 0.15) is 23.4 Å². The molecule has 2 aromatic heterocycles. The van der Waals surface area contributed by atoms with Gasteiger partial charge in [0.25, 0.3) is 0 Å². The fourth-order valence-corrected chi connectivity index (χ4v) is 2.58. The van der Waals surface area contributed by atoms with Crippen LogP contribution in [0.5, 0.6) is 0 Å². The van der Waals surface area contributed by atoms with E-state index in [1.807, 2.05) is 18.2 Å². The minimum absolute atomic E-state index is 0.765. The van der Waals surface area contributed by atoms with Gasteiger partial charge in [0.2, 0.25) is 0 Å². The highest BCUT2D eigenvalue weighted by Crippen LogP contribution is 2.20. The monoisotopic (exact) mass is 366 g/mol. The number of pyridine rings is 2. The first kappa shape index (κ1) is 12.7. The number of aromatic nitrogens is 2. The standard InChI is InChI=1S/C14H15IN4/c15-19-13-5-1-4-11(17-13)9-12-7-6-10-3-2-8-16-14(10)18-12/h1,4-7H,2-3,8-9H2,(H,16,18)(H,17,19). The molecule has 0 aromatic carbocycles. The summed E-state index contributed by atoms with van der Waals surface area (Å²) in [6.45, 7) is 1.02. The molecule has 98 valence electrons. The third kappa shape index (κ3) is 2.97.